The van der Waals surface area contributed by atoms with Gasteiger partial charge in [-0.25, -0.2) is 9.55 Å². The molecule has 224 valence electrons. The van der Waals surface area contributed by atoms with E-state index >= 15 is 0 Å². The summed E-state index contributed by atoms with van der Waals surface area (Å²) in [5, 5.41) is 0. The van der Waals surface area contributed by atoms with E-state index in [1.54, 1.807) is 0 Å². The molecule has 1 rings (SSSR count). The van der Waals surface area contributed by atoms with Crippen LogP contribution in [0.4, 0.5) is 0 Å². The lowest BCUT2D eigenvalue weighted by Crippen LogP contribution is -2.41. The highest BCUT2D eigenvalue weighted by Crippen LogP contribution is 2.27. The van der Waals surface area contributed by atoms with Crippen LogP contribution in [0.25, 0.3) is 0 Å². The Kier molecular flexibility index (Phi) is 24.5. The molecule has 1 aromatic heterocycles. The Bertz CT molecular complexity index is 592. The van der Waals surface area contributed by atoms with Crippen LogP contribution in [0.5, 0.6) is 0 Å². The predicted octanol–water partition coefficient (Wildman–Crippen LogP) is 12.5. The first-order valence-electron chi connectivity index (χ1n) is 17.8. The molecule has 38 heavy (non-hydrogen) atoms. The third-order valence-corrected chi connectivity index (χ3v) is 8.89. The van der Waals surface area contributed by atoms with Crippen molar-refractivity contribution in [3.05, 3.63) is 18.2 Å². The molecule has 0 aliphatic carbocycles. The molecule has 2 unspecified atom stereocenters. The van der Waals surface area contributed by atoms with Gasteiger partial charge in [0, 0.05) is 0 Å². The van der Waals surface area contributed by atoms with Gasteiger partial charge < -0.3 is 0 Å². The third kappa shape index (κ3) is 18.5. The van der Waals surface area contributed by atoms with Crippen molar-refractivity contribution in [2.45, 2.75) is 213 Å². The molecular weight excluding hydrogens is 460 g/mol. The molecule has 2 heteroatoms. The van der Waals surface area contributed by atoms with E-state index in [-0.39, 0.29) is 0 Å². The van der Waals surface area contributed by atoms with Crippen molar-refractivity contribution in [3.63, 3.8) is 0 Å². The molecule has 2 nitrogen and oxygen atoms in total. The number of hydrogen-bond donors (Lipinski definition) is 1. The number of aromatic amines is 1. The van der Waals surface area contributed by atoms with Gasteiger partial charge in [-0.3, -0.25) is 0 Å². The van der Waals surface area contributed by atoms with Gasteiger partial charge in [0.25, 0.3) is 5.82 Å². The van der Waals surface area contributed by atoms with E-state index in [4.69, 9.17) is 0 Å². The van der Waals surface area contributed by atoms with E-state index in [0.717, 1.165) is 0 Å². The molecule has 0 fully saturated rings. The molecule has 2 atom stereocenters. The first-order valence-corrected chi connectivity index (χ1v) is 17.8. The Morgan fingerprint density at radius 2 is 0.842 bits per heavy atom. The molecule has 1 N–H and O–H groups in total. The van der Waals surface area contributed by atoms with Gasteiger partial charge in [-0.1, -0.05) is 168 Å². The standard InChI is InChI=1S/C36H70N2/c1-5-8-11-14-16-18-19-20-22-25-28-31-35(30-27-24-21-17-15-12-9-6-2)36-37-32-33-38(36)34(4)29-26-23-13-10-7-3/h32-35H,5-31H2,1-4H3/p+1. The normalized spacial score (nSPS) is 13.3. The highest BCUT2D eigenvalue weighted by atomic mass is 15.1. The summed E-state index contributed by atoms with van der Waals surface area (Å²) >= 11 is 0. The van der Waals surface area contributed by atoms with Crippen molar-refractivity contribution in [3.8, 4) is 0 Å². The number of nitrogens with zero attached hydrogens (tertiary/aromatic N) is 1. The second-order valence-corrected chi connectivity index (χ2v) is 12.6. The summed E-state index contributed by atoms with van der Waals surface area (Å²) in [7, 11) is 0. The van der Waals surface area contributed by atoms with Crippen LogP contribution < -0.4 is 4.57 Å². The fourth-order valence-corrected chi connectivity index (χ4v) is 6.25. The van der Waals surface area contributed by atoms with E-state index in [0.29, 0.717) is 12.0 Å². The summed E-state index contributed by atoms with van der Waals surface area (Å²) in [6, 6.07) is 0.622. The van der Waals surface area contributed by atoms with Crippen molar-refractivity contribution in [2.75, 3.05) is 0 Å². The molecule has 0 aliphatic heterocycles. The van der Waals surface area contributed by atoms with Crippen molar-refractivity contribution in [2.24, 2.45) is 0 Å². The summed E-state index contributed by atoms with van der Waals surface area (Å²) in [5.41, 5.74) is 0. The minimum atomic E-state index is 0.622. The number of H-pyrrole nitrogens is 1. The average molecular weight is 532 g/mol. The molecule has 1 aromatic rings. The zero-order chi connectivity index (χ0) is 27.5. The zero-order valence-corrected chi connectivity index (χ0v) is 26.8. The maximum atomic E-state index is 3.73. The summed E-state index contributed by atoms with van der Waals surface area (Å²) in [6.45, 7) is 9.39. The zero-order valence-electron chi connectivity index (χ0n) is 26.8. The molecule has 0 spiro atoms. The van der Waals surface area contributed by atoms with Crippen LogP contribution in [0.1, 0.15) is 219 Å². The van der Waals surface area contributed by atoms with Crippen LogP contribution in [-0.4, -0.2) is 4.98 Å². The van der Waals surface area contributed by atoms with Gasteiger partial charge in [-0.15, -0.1) is 0 Å². The maximum Gasteiger partial charge on any atom is 0.257 e. The molecule has 0 radical (unpaired) electrons. The Morgan fingerprint density at radius 1 is 0.500 bits per heavy atom. The molecule has 1 heterocycles. The quantitative estimate of drug-likeness (QED) is 0.0783. The van der Waals surface area contributed by atoms with Crippen molar-refractivity contribution < 1.29 is 4.57 Å². The van der Waals surface area contributed by atoms with Crippen molar-refractivity contribution in [1.29, 1.82) is 0 Å². The minimum absolute atomic E-state index is 0.622. The lowest BCUT2D eigenvalue weighted by Gasteiger charge is -2.17. The van der Waals surface area contributed by atoms with E-state index in [1.165, 1.54) is 179 Å². The molecule has 0 aliphatic rings. The number of aromatic nitrogens is 2. The van der Waals surface area contributed by atoms with Crippen LogP contribution in [0.15, 0.2) is 12.4 Å². The molecule has 0 saturated heterocycles. The SMILES string of the molecule is CCCCCCCCCCCCCC(CCCCCCCCCC)c1[nH]cc[n+]1C(C)CCCCCCC. The van der Waals surface area contributed by atoms with E-state index < -0.39 is 0 Å². The smallest absolute Gasteiger partial charge is 0.247 e. The molecule has 0 amide bonds. The van der Waals surface area contributed by atoms with Gasteiger partial charge in [0.15, 0.2) is 0 Å². The van der Waals surface area contributed by atoms with E-state index in [1.807, 2.05) is 0 Å². The van der Waals surface area contributed by atoms with Crippen LogP contribution in [0.3, 0.4) is 0 Å². The fraction of sp³-hybridized carbons (Fsp3) is 0.917. The largest absolute Gasteiger partial charge is 0.257 e. The summed E-state index contributed by atoms with van der Waals surface area (Å²) in [5.74, 6) is 2.24. The van der Waals surface area contributed by atoms with Crippen LogP contribution in [0, 0.1) is 0 Å². The van der Waals surface area contributed by atoms with Crippen molar-refractivity contribution >= 4 is 0 Å². The fourth-order valence-electron chi connectivity index (χ4n) is 6.25. The van der Waals surface area contributed by atoms with Gasteiger partial charge >= 0.3 is 0 Å². The highest BCUT2D eigenvalue weighted by molar-refractivity contribution is 4.90. The van der Waals surface area contributed by atoms with Gasteiger partial charge in [0.1, 0.15) is 12.4 Å². The lowest BCUT2D eigenvalue weighted by molar-refractivity contribution is -0.727. The Hall–Kier alpha value is -0.790. The molecule has 0 saturated carbocycles. The lowest BCUT2D eigenvalue weighted by atomic mass is 9.92. The van der Waals surface area contributed by atoms with Gasteiger partial charge in [0.2, 0.25) is 0 Å². The van der Waals surface area contributed by atoms with E-state index in [2.05, 4.69) is 49.6 Å². The first kappa shape index (κ1) is 35.2. The second-order valence-electron chi connectivity index (χ2n) is 12.6. The Balaban J connectivity index is 2.45. The van der Waals surface area contributed by atoms with E-state index in [9.17, 15) is 0 Å². The van der Waals surface area contributed by atoms with Crippen molar-refractivity contribution in [1.82, 2.24) is 4.98 Å². The summed E-state index contributed by atoms with van der Waals surface area (Å²) in [4.78, 5) is 3.73. The molecule has 0 aromatic carbocycles. The second kappa shape index (κ2) is 26.4. The average Bonchev–Trinajstić information content (AvgIpc) is 3.42. The number of unbranched alkanes of at least 4 members (excludes halogenated alkanes) is 21. The summed E-state index contributed by atoms with van der Waals surface area (Å²) in [6.07, 6.45) is 42.7. The van der Waals surface area contributed by atoms with Gasteiger partial charge in [-0.05, 0) is 32.6 Å². The topological polar surface area (TPSA) is 19.7 Å². The van der Waals surface area contributed by atoms with Crippen LogP contribution >= 0.6 is 0 Å². The number of nitrogens with one attached hydrogen (secondary N) is 1. The predicted molar refractivity (Wildman–Crippen MR) is 170 cm³/mol. The first-order chi connectivity index (χ1) is 18.7. The Morgan fingerprint density at radius 3 is 1.24 bits per heavy atom. The van der Waals surface area contributed by atoms with Gasteiger partial charge in [0.05, 0.1) is 12.0 Å². The molecular formula is C36H71N2+. The summed E-state index contributed by atoms with van der Waals surface area (Å²) < 4.78 is 2.62. The van der Waals surface area contributed by atoms with Crippen LogP contribution in [0.2, 0.25) is 0 Å². The Labute approximate surface area is 240 Å². The number of imidazole rings is 1. The van der Waals surface area contributed by atoms with Gasteiger partial charge in [-0.2, -0.15) is 0 Å². The third-order valence-electron chi connectivity index (χ3n) is 8.89. The highest BCUT2D eigenvalue weighted by Gasteiger charge is 2.25. The number of hydrogen-bond acceptors (Lipinski definition) is 0. The van der Waals surface area contributed by atoms with Crippen LogP contribution in [-0.2, 0) is 0 Å². The molecule has 0 bridgehead atoms. The minimum Gasteiger partial charge on any atom is -0.247 e. The maximum absolute atomic E-state index is 3.73. The monoisotopic (exact) mass is 532 g/mol. The number of rotatable bonds is 29.